The lowest BCUT2D eigenvalue weighted by Gasteiger charge is -2.16. The predicted molar refractivity (Wildman–Crippen MR) is 89.4 cm³/mol. The van der Waals surface area contributed by atoms with Gasteiger partial charge in [0.2, 0.25) is 0 Å². The Kier molecular flexibility index (Phi) is 3.93. The van der Waals surface area contributed by atoms with Crippen molar-refractivity contribution in [2.45, 2.75) is 19.9 Å². The number of nitrogens with one attached hydrogen (secondary N) is 2. The van der Waals surface area contributed by atoms with Gasteiger partial charge in [-0.25, -0.2) is 4.98 Å². The van der Waals surface area contributed by atoms with E-state index in [1.54, 1.807) is 6.92 Å². The Balaban J connectivity index is 1.90. The summed E-state index contributed by atoms with van der Waals surface area (Å²) in [7, 11) is 0. The zero-order valence-electron chi connectivity index (χ0n) is 13.0. The van der Waals surface area contributed by atoms with Crippen LogP contribution in [-0.4, -0.2) is 15.9 Å². The normalized spacial score (nSPS) is 12.1. The summed E-state index contributed by atoms with van der Waals surface area (Å²) in [5.41, 5.74) is 0.816. The number of rotatable bonds is 3. The SMILES string of the molecule is Cc1nc(C(=O)N[C@@H](C)c2cccc3ccccc23)cc(=O)[nH]1. The number of H-pyrrole nitrogens is 1. The van der Waals surface area contributed by atoms with Crippen LogP contribution in [0.25, 0.3) is 10.8 Å². The molecule has 1 heterocycles. The monoisotopic (exact) mass is 307 g/mol. The van der Waals surface area contributed by atoms with Crippen molar-refractivity contribution in [3.05, 3.63) is 76.0 Å². The fraction of sp³-hybridized carbons (Fsp3) is 0.167. The summed E-state index contributed by atoms with van der Waals surface area (Å²) in [4.78, 5) is 30.4. The molecular weight excluding hydrogens is 290 g/mol. The Morgan fingerprint density at radius 1 is 1.17 bits per heavy atom. The summed E-state index contributed by atoms with van der Waals surface area (Å²) in [5.74, 6) is 0.0556. The first kappa shape index (κ1) is 15.0. The van der Waals surface area contributed by atoms with Crippen LogP contribution in [0.1, 0.15) is 34.8 Å². The Labute approximate surface area is 133 Å². The second-order valence-corrected chi connectivity index (χ2v) is 5.48. The van der Waals surface area contributed by atoms with Crippen molar-refractivity contribution < 1.29 is 4.79 Å². The van der Waals surface area contributed by atoms with E-state index in [1.807, 2.05) is 49.4 Å². The minimum atomic E-state index is -0.361. The molecule has 0 aliphatic carbocycles. The zero-order valence-corrected chi connectivity index (χ0v) is 13.0. The van der Waals surface area contributed by atoms with Crippen molar-refractivity contribution in [1.29, 1.82) is 0 Å². The number of fused-ring (bicyclic) bond motifs is 1. The smallest absolute Gasteiger partial charge is 0.270 e. The molecule has 0 saturated heterocycles. The van der Waals surface area contributed by atoms with Crippen LogP contribution < -0.4 is 10.9 Å². The van der Waals surface area contributed by atoms with Crippen LogP contribution in [0.3, 0.4) is 0 Å². The molecule has 0 fully saturated rings. The van der Waals surface area contributed by atoms with Gasteiger partial charge in [0.15, 0.2) is 0 Å². The lowest BCUT2D eigenvalue weighted by Crippen LogP contribution is -2.29. The molecule has 23 heavy (non-hydrogen) atoms. The number of hydrogen-bond acceptors (Lipinski definition) is 3. The first-order valence-corrected chi connectivity index (χ1v) is 7.41. The van der Waals surface area contributed by atoms with Crippen molar-refractivity contribution in [3.8, 4) is 0 Å². The molecule has 0 radical (unpaired) electrons. The second kappa shape index (κ2) is 6.04. The average Bonchev–Trinajstić information content (AvgIpc) is 2.53. The maximum atomic E-state index is 12.3. The van der Waals surface area contributed by atoms with Crippen LogP contribution in [0.15, 0.2) is 53.3 Å². The molecule has 0 saturated carbocycles. The van der Waals surface area contributed by atoms with Crippen molar-refractivity contribution in [1.82, 2.24) is 15.3 Å². The van der Waals surface area contributed by atoms with Crippen LogP contribution in [0.5, 0.6) is 0 Å². The third-order valence-corrected chi connectivity index (χ3v) is 3.73. The van der Waals surface area contributed by atoms with Gasteiger partial charge in [-0.05, 0) is 30.2 Å². The Hall–Kier alpha value is -2.95. The molecule has 0 aliphatic rings. The third kappa shape index (κ3) is 3.13. The Morgan fingerprint density at radius 3 is 2.70 bits per heavy atom. The molecule has 116 valence electrons. The van der Waals surface area contributed by atoms with Gasteiger partial charge in [0.25, 0.3) is 11.5 Å². The molecule has 5 heteroatoms. The zero-order chi connectivity index (χ0) is 16.4. The standard InChI is InChI=1S/C18H17N3O2/c1-11(14-9-5-7-13-6-3-4-8-15(13)14)19-18(23)16-10-17(22)21-12(2)20-16/h3-11H,1-2H3,(H,19,23)(H,20,21,22)/t11-/m0/s1. The Morgan fingerprint density at radius 2 is 1.91 bits per heavy atom. The molecule has 0 unspecified atom stereocenters. The lowest BCUT2D eigenvalue weighted by molar-refractivity contribution is 0.0934. The molecule has 2 aromatic carbocycles. The summed E-state index contributed by atoms with van der Waals surface area (Å²) in [6.07, 6.45) is 0. The van der Waals surface area contributed by atoms with Gasteiger partial charge in [-0.15, -0.1) is 0 Å². The molecular formula is C18H17N3O2. The molecule has 3 aromatic rings. The number of nitrogens with zero attached hydrogens (tertiary/aromatic N) is 1. The van der Waals surface area contributed by atoms with Gasteiger partial charge in [0.05, 0.1) is 6.04 Å². The van der Waals surface area contributed by atoms with E-state index in [2.05, 4.69) is 15.3 Å². The minimum Gasteiger partial charge on any atom is -0.344 e. The fourth-order valence-electron chi connectivity index (χ4n) is 2.67. The first-order chi connectivity index (χ1) is 11.0. The molecule has 1 aromatic heterocycles. The van der Waals surface area contributed by atoms with E-state index in [-0.39, 0.29) is 23.2 Å². The fourth-order valence-corrected chi connectivity index (χ4v) is 2.67. The van der Waals surface area contributed by atoms with E-state index in [9.17, 15) is 9.59 Å². The highest BCUT2D eigenvalue weighted by atomic mass is 16.2. The molecule has 3 rings (SSSR count). The maximum absolute atomic E-state index is 12.3. The van der Waals surface area contributed by atoms with E-state index in [1.165, 1.54) is 6.07 Å². The van der Waals surface area contributed by atoms with Gasteiger partial charge >= 0.3 is 0 Å². The molecule has 0 aliphatic heterocycles. The number of hydrogen-bond donors (Lipinski definition) is 2. The van der Waals surface area contributed by atoms with E-state index >= 15 is 0 Å². The lowest BCUT2D eigenvalue weighted by atomic mass is 9.99. The summed E-state index contributed by atoms with van der Waals surface area (Å²) >= 11 is 0. The van der Waals surface area contributed by atoms with Gasteiger partial charge in [-0.2, -0.15) is 0 Å². The van der Waals surface area contributed by atoms with Crippen LogP contribution in [0.2, 0.25) is 0 Å². The van der Waals surface area contributed by atoms with E-state index in [4.69, 9.17) is 0 Å². The average molecular weight is 307 g/mol. The van der Waals surface area contributed by atoms with E-state index in [0.29, 0.717) is 5.82 Å². The number of carbonyl (C=O) groups is 1. The summed E-state index contributed by atoms with van der Waals surface area (Å²) in [5, 5.41) is 5.12. The molecule has 5 nitrogen and oxygen atoms in total. The number of amides is 1. The largest absolute Gasteiger partial charge is 0.344 e. The van der Waals surface area contributed by atoms with Crippen molar-refractivity contribution in [2.24, 2.45) is 0 Å². The highest BCUT2D eigenvalue weighted by molar-refractivity contribution is 5.93. The number of aromatic nitrogens is 2. The molecule has 0 bridgehead atoms. The predicted octanol–water partition coefficient (Wildman–Crippen LogP) is 2.72. The topological polar surface area (TPSA) is 74.8 Å². The first-order valence-electron chi connectivity index (χ1n) is 7.41. The number of aromatic amines is 1. The van der Waals surface area contributed by atoms with Crippen LogP contribution in [0.4, 0.5) is 0 Å². The van der Waals surface area contributed by atoms with Gasteiger partial charge in [0, 0.05) is 6.07 Å². The molecule has 2 N–H and O–H groups in total. The van der Waals surface area contributed by atoms with Crippen LogP contribution in [-0.2, 0) is 0 Å². The quantitative estimate of drug-likeness (QED) is 0.781. The van der Waals surface area contributed by atoms with Crippen molar-refractivity contribution in [3.63, 3.8) is 0 Å². The molecule has 1 amide bonds. The number of benzene rings is 2. The summed E-state index contributed by atoms with van der Waals surface area (Å²) in [6.45, 7) is 3.56. The summed E-state index contributed by atoms with van der Waals surface area (Å²) in [6, 6.07) is 15.0. The maximum Gasteiger partial charge on any atom is 0.270 e. The Bertz CT molecular complexity index is 925. The van der Waals surface area contributed by atoms with Gasteiger partial charge < -0.3 is 10.3 Å². The van der Waals surface area contributed by atoms with Gasteiger partial charge in [-0.1, -0.05) is 42.5 Å². The van der Waals surface area contributed by atoms with Crippen molar-refractivity contribution >= 4 is 16.7 Å². The van der Waals surface area contributed by atoms with E-state index in [0.717, 1.165) is 16.3 Å². The summed E-state index contributed by atoms with van der Waals surface area (Å²) < 4.78 is 0. The molecule has 1 atom stereocenters. The third-order valence-electron chi connectivity index (χ3n) is 3.73. The number of aryl methyl sites for hydroxylation is 1. The van der Waals surface area contributed by atoms with Gasteiger partial charge in [0.1, 0.15) is 11.5 Å². The highest BCUT2D eigenvalue weighted by Gasteiger charge is 2.15. The van der Waals surface area contributed by atoms with E-state index < -0.39 is 0 Å². The van der Waals surface area contributed by atoms with Crippen LogP contribution in [0, 0.1) is 6.92 Å². The highest BCUT2D eigenvalue weighted by Crippen LogP contribution is 2.24. The minimum absolute atomic E-state index is 0.123. The number of carbonyl (C=O) groups excluding carboxylic acids is 1. The van der Waals surface area contributed by atoms with Gasteiger partial charge in [-0.3, -0.25) is 9.59 Å². The van der Waals surface area contributed by atoms with Crippen molar-refractivity contribution in [2.75, 3.05) is 0 Å². The van der Waals surface area contributed by atoms with Crippen LogP contribution >= 0.6 is 0 Å². The second-order valence-electron chi connectivity index (χ2n) is 5.48. The molecule has 0 spiro atoms.